The van der Waals surface area contributed by atoms with Crippen LogP contribution < -0.4 is 5.32 Å². The lowest BCUT2D eigenvalue weighted by molar-refractivity contribution is -0.141. The highest BCUT2D eigenvalue weighted by Gasteiger charge is 2.28. The molecule has 4 nitrogen and oxygen atoms in total. The van der Waals surface area contributed by atoms with Crippen molar-refractivity contribution in [2.75, 3.05) is 5.75 Å². The van der Waals surface area contributed by atoms with E-state index in [2.05, 4.69) is 5.32 Å². The summed E-state index contributed by atoms with van der Waals surface area (Å²) < 4.78 is 0. The van der Waals surface area contributed by atoms with Crippen molar-refractivity contribution in [3.05, 3.63) is 35.4 Å². The monoisotopic (exact) mass is 265 g/mol. The molecule has 0 saturated carbocycles. The normalized spacial score (nSPS) is 19.7. The Bertz CT molecular complexity index is 475. The van der Waals surface area contributed by atoms with E-state index in [9.17, 15) is 9.59 Å². The van der Waals surface area contributed by atoms with Gasteiger partial charge in [-0.2, -0.15) is 0 Å². The molecule has 2 rings (SSSR count). The fourth-order valence-corrected chi connectivity index (χ4v) is 3.16. The molecule has 1 unspecified atom stereocenters. The lowest BCUT2D eigenvalue weighted by Crippen LogP contribution is -2.41. The Balaban J connectivity index is 2.15. The maximum Gasteiger partial charge on any atom is 0.325 e. The van der Waals surface area contributed by atoms with E-state index in [4.69, 9.17) is 5.11 Å². The highest BCUT2D eigenvalue weighted by Crippen LogP contribution is 2.36. The van der Waals surface area contributed by atoms with Crippen molar-refractivity contribution in [2.24, 2.45) is 0 Å². The summed E-state index contributed by atoms with van der Waals surface area (Å²) in [4.78, 5) is 22.8. The van der Waals surface area contributed by atoms with Gasteiger partial charge in [-0.1, -0.05) is 24.3 Å². The highest BCUT2D eigenvalue weighted by molar-refractivity contribution is 8.00. The van der Waals surface area contributed by atoms with Crippen molar-refractivity contribution in [3.8, 4) is 0 Å². The van der Waals surface area contributed by atoms with Crippen molar-refractivity contribution in [1.29, 1.82) is 0 Å². The first kappa shape index (κ1) is 13.0. The van der Waals surface area contributed by atoms with E-state index < -0.39 is 12.0 Å². The third-order valence-corrected chi connectivity index (χ3v) is 4.20. The Morgan fingerprint density at radius 2 is 2.17 bits per heavy atom. The van der Waals surface area contributed by atoms with E-state index >= 15 is 0 Å². The zero-order valence-corrected chi connectivity index (χ0v) is 10.9. The summed E-state index contributed by atoms with van der Waals surface area (Å²) in [6.45, 7) is 1.47. The molecule has 0 saturated heterocycles. The number of fused-ring (bicyclic) bond motifs is 1. The van der Waals surface area contributed by atoms with Crippen LogP contribution >= 0.6 is 11.8 Å². The fraction of sp³-hybridized carbons (Fsp3) is 0.385. The summed E-state index contributed by atoms with van der Waals surface area (Å²) in [5.41, 5.74) is 2.18. The van der Waals surface area contributed by atoms with Gasteiger partial charge in [0.1, 0.15) is 11.3 Å². The Kier molecular flexibility index (Phi) is 3.91. The van der Waals surface area contributed by atoms with E-state index in [1.165, 1.54) is 12.5 Å². The zero-order chi connectivity index (χ0) is 13.1. The minimum Gasteiger partial charge on any atom is -0.480 e. The van der Waals surface area contributed by atoms with Gasteiger partial charge in [0.2, 0.25) is 5.91 Å². The van der Waals surface area contributed by atoms with E-state index in [0.717, 1.165) is 17.7 Å². The smallest absolute Gasteiger partial charge is 0.325 e. The number of rotatable bonds is 3. The van der Waals surface area contributed by atoms with Crippen LogP contribution in [0.5, 0.6) is 0 Å². The van der Waals surface area contributed by atoms with Crippen LogP contribution in [-0.4, -0.2) is 28.8 Å². The van der Waals surface area contributed by atoms with Gasteiger partial charge in [-0.15, -0.1) is 11.8 Å². The molecular weight excluding hydrogens is 250 g/mol. The number of benzene rings is 1. The number of nitrogens with one attached hydrogen (secondary N) is 1. The number of hydrogen-bond acceptors (Lipinski definition) is 3. The summed E-state index contributed by atoms with van der Waals surface area (Å²) >= 11 is 1.56. The van der Waals surface area contributed by atoms with Gasteiger partial charge < -0.3 is 10.4 Å². The van der Waals surface area contributed by atoms with Crippen LogP contribution in [0.15, 0.2) is 24.3 Å². The standard InChI is InChI=1S/C13H15NO3S/c1-8(13(16)17)14-12(15)11-10-5-3-2-4-9(10)6-7-18-11/h2-5,8,11H,6-7H2,1H3,(H,14,15)(H,16,17)/t8-,11?/m0/s1. The van der Waals surface area contributed by atoms with Gasteiger partial charge in [0.25, 0.3) is 0 Å². The van der Waals surface area contributed by atoms with Crippen molar-refractivity contribution in [3.63, 3.8) is 0 Å². The molecule has 0 radical (unpaired) electrons. The molecule has 0 fully saturated rings. The maximum atomic E-state index is 12.1. The lowest BCUT2D eigenvalue weighted by Gasteiger charge is -2.25. The molecule has 1 aromatic rings. The van der Waals surface area contributed by atoms with Gasteiger partial charge in [-0.25, -0.2) is 0 Å². The molecule has 0 bridgehead atoms. The van der Waals surface area contributed by atoms with Gasteiger partial charge >= 0.3 is 5.97 Å². The maximum absolute atomic E-state index is 12.1. The van der Waals surface area contributed by atoms with Gasteiger partial charge in [0, 0.05) is 0 Å². The van der Waals surface area contributed by atoms with Crippen LogP contribution in [0, 0.1) is 0 Å². The lowest BCUT2D eigenvalue weighted by atomic mass is 10.0. The van der Waals surface area contributed by atoms with E-state index in [0.29, 0.717) is 0 Å². The average Bonchev–Trinajstić information content (AvgIpc) is 2.37. The first-order valence-corrected chi connectivity index (χ1v) is 6.87. The summed E-state index contributed by atoms with van der Waals surface area (Å²) in [5, 5.41) is 11.0. The molecule has 1 aromatic carbocycles. The quantitative estimate of drug-likeness (QED) is 0.871. The number of carboxylic acid groups (broad SMARTS) is 1. The second-order valence-electron chi connectivity index (χ2n) is 4.27. The summed E-state index contributed by atoms with van der Waals surface area (Å²) in [6, 6.07) is 6.98. The molecule has 0 spiro atoms. The van der Waals surface area contributed by atoms with E-state index in [1.807, 2.05) is 24.3 Å². The Labute approximate surface area is 110 Å². The van der Waals surface area contributed by atoms with Crippen LogP contribution in [0.2, 0.25) is 0 Å². The van der Waals surface area contributed by atoms with Crippen molar-refractivity contribution >= 4 is 23.6 Å². The van der Waals surface area contributed by atoms with Gasteiger partial charge in [0.05, 0.1) is 0 Å². The molecule has 1 aliphatic rings. The zero-order valence-electron chi connectivity index (χ0n) is 10.1. The summed E-state index contributed by atoms with van der Waals surface area (Å²) in [5.74, 6) is -0.351. The number of amides is 1. The molecule has 0 aliphatic carbocycles. The highest BCUT2D eigenvalue weighted by atomic mass is 32.2. The van der Waals surface area contributed by atoms with Gasteiger partial charge in [-0.05, 0) is 30.2 Å². The summed E-state index contributed by atoms with van der Waals surface area (Å²) in [7, 11) is 0. The van der Waals surface area contributed by atoms with Gasteiger partial charge in [0.15, 0.2) is 0 Å². The van der Waals surface area contributed by atoms with Crippen LogP contribution in [0.4, 0.5) is 0 Å². The summed E-state index contributed by atoms with van der Waals surface area (Å²) in [6.07, 6.45) is 0.957. The third-order valence-electron chi connectivity index (χ3n) is 2.96. The molecule has 1 amide bonds. The number of thioether (sulfide) groups is 1. The van der Waals surface area contributed by atoms with Crippen LogP contribution in [0.3, 0.4) is 0 Å². The number of carbonyl (C=O) groups excluding carboxylic acids is 1. The van der Waals surface area contributed by atoms with Crippen LogP contribution in [-0.2, 0) is 16.0 Å². The first-order chi connectivity index (χ1) is 8.59. The van der Waals surface area contributed by atoms with Crippen molar-refractivity contribution < 1.29 is 14.7 Å². The average molecular weight is 265 g/mol. The van der Waals surface area contributed by atoms with Crippen molar-refractivity contribution in [1.82, 2.24) is 5.32 Å². The van der Waals surface area contributed by atoms with Gasteiger partial charge in [-0.3, -0.25) is 9.59 Å². The molecule has 2 atom stereocenters. The Morgan fingerprint density at radius 1 is 1.44 bits per heavy atom. The van der Waals surface area contributed by atoms with Crippen LogP contribution in [0.25, 0.3) is 0 Å². The van der Waals surface area contributed by atoms with Crippen molar-refractivity contribution in [2.45, 2.75) is 24.6 Å². The molecule has 96 valence electrons. The molecule has 0 aromatic heterocycles. The fourth-order valence-electron chi connectivity index (χ4n) is 1.96. The largest absolute Gasteiger partial charge is 0.480 e. The second kappa shape index (κ2) is 5.44. The minimum absolute atomic E-state index is 0.220. The number of carbonyl (C=O) groups is 2. The Morgan fingerprint density at radius 3 is 2.89 bits per heavy atom. The topological polar surface area (TPSA) is 66.4 Å². The predicted molar refractivity (Wildman–Crippen MR) is 70.6 cm³/mol. The number of aliphatic carboxylic acids is 1. The Hall–Kier alpha value is -1.49. The van der Waals surface area contributed by atoms with Crippen LogP contribution in [0.1, 0.15) is 23.3 Å². The number of carboxylic acids is 1. The molecule has 5 heteroatoms. The number of hydrogen-bond donors (Lipinski definition) is 2. The van der Waals surface area contributed by atoms with E-state index in [-0.39, 0.29) is 11.2 Å². The first-order valence-electron chi connectivity index (χ1n) is 5.82. The molecule has 2 N–H and O–H groups in total. The number of aryl methyl sites for hydroxylation is 1. The SMILES string of the molecule is C[C@H](NC(=O)C1SCCc2ccccc21)C(=O)O. The minimum atomic E-state index is -1.02. The molecule has 1 heterocycles. The van der Waals surface area contributed by atoms with E-state index in [1.54, 1.807) is 11.8 Å². The molecule has 18 heavy (non-hydrogen) atoms. The predicted octanol–water partition coefficient (Wildman–Crippen LogP) is 1.61. The second-order valence-corrected chi connectivity index (χ2v) is 5.48. The third kappa shape index (κ3) is 2.67. The molecule has 1 aliphatic heterocycles. The molecular formula is C13H15NO3S.